The van der Waals surface area contributed by atoms with Crippen molar-refractivity contribution in [3.8, 4) is 5.75 Å². The maximum atomic E-state index is 5.89. The minimum Gasteiger partial charge on any atom is -0.489 e. The lowest BCUT2D eigenvalue weighted by atomic mass is 10.1. The van der Waals surface area contributed by atoms with Crippen molar-refractivity contribution in [3.63, 3.8) is 0 Å². The lowest BCUT2D eigenvalue weighted by molar-refractivity contribution is 0.306. The van der Waals surface area contributed by atoms with Crippen molar-refractivity contribution in [2.75, 3.05) is 13.6 Å². The van der Waals surface area contributed by atoms with Gasteiger partial charge in [-0.3, -0.25) is 0 Å². The van der Waals surface area contributed by atoms with Gasteiger partial charge in [0, 0.05) is 0 Å². The molecule has 2 nitrogen and oxygen atoms in total. The summed E-state index contributed by atoms with van der Waals surface area (Å²) in [7, 11) is 2.02. The fraction of sp³-hybridized carbons (Fsp3) is 0.333. The minimum atomic E-state index is 0.634. The van der Waals surface area contributed by atoms with Gasteiger partial charge in [0.15, 0.2) is 0 Å². The van der Waals surface area contributed by atoms with Crippen LogP contribution in [0.5, 0.6) is 5.75 Å². The van der Waals surface area contributed by atoms with Gasteiger partial charge in [-0.25, -0.2) is 0 Å². The summed E-state index contributed by atoms with van der Waals surface area (Å²) >= 11 is 0. The molecular formula is C18H21NO. The highest BCUT2D eigenvalue weighted by Gasteiger charge is 2.37. The first kappa shape index (κ1) is 13.2. The summed E-state index contributed by atoms with van der Waals surface area (Å²) in [6.45, 7) is 1.74. The average Bonchev–Trinajstić information content (AvgIpc) is 3.26. The molecule has 2 heteroatoms. The molecule has 0 saturated heterocycles. The summed E-state index contributed by atoms with van der Waals surface area (Å²) < 4.78 is 5.89. The van der Waals surface area contributed by atoms with Crippen LogP contribution in [0.2, 0.25) is 0 Å². The fourth-order valence-electron chi connectivity index (χ4n) is 2.72. The van der Waals surface area contributed by atoms with E-state index in [1.807, 2.05) is 31.3 Å². The van der Waals surface area contributed by atoms with E-state index in [4.69, 9.17) is 4.74 Å². The zero-order valence-corrected chi connectivity index (χ0v) is 11.9. The predicted octanol–water partition coefficient (Wildman–Crippen LogP) is 3.59. The molecule has 2 unspecified atom stereocenters. The Morgan fingerprint density at radius 3 is 2.75 bits per heavy atom. The van der Waals surface area contributed by atoms with E-state index >= 15 is 0 Å². The molecule has 0 aromatic heterocycles. The summed E-state index contributed by atoms with van der Waals surface area (Å²) in [6.07, 6.45) is 1.29. The first-order valence-electron chi connectivity index (χ1n) is 7.28. The third-order valence-corrected chi connectivity index (χ3v) is 3.92. The van der Waals surface area contributed by atoms with Crippen LogP contribution in [0.3, 0.4) is 0 Å². The van der Waals surface area contributed by atoms with Crippen molar-refractivity contribution in [1.29, 1.82) is 0 Å². The number of nitrogens with one attached hydrogen (secondary N) is 1. The number of ether oxygens (including phenoxy) is 1. The van der Waals surface area contributed by atoms with Crippen molar-refractivity contribution < 1.29 is 4.74 Å². The van der Waals surface area contributed by atoms with Crippen LogP contribution in [0.25, 0.3) is 0 Å². The van der Waals surface area contributed by atoms with Gasteiger partial charge >= 0.3 is 0 Å². The summed E-state index contributed by atoms with van der Waals surface area (Å²) in [5, 5.41) is 3.26. The van der Waals surface area contributed by atoms with Crippen LogP contribution in [0.15, 0.2) is 54.6 Å². The van der Waals surface area contributed by atoms with Gasteiger partial charge in [-0.05, 0) is 55.1 Å². The zero-order chi connectivity index (χ0) is 13.8. The molecule has 0 heterocycles. The Hall–Kier alpha value is -1.80. The topological polar surface area (TPSA) is 21.3 Å². The van der Waals surface area contributed by atoms with E-state index in [0.29, 0.717) is 12.5 Å². The third kappa shape index (κ3) is 3.20. The molecule has 2 atom stereocenters. The predicted molar refractivity (Wildman–Crippen MR) is 82.0 cm³/mol. The normalized spacial score (nSPS) is 20.6. The summed E-state index contributed by atoms with van der Waals surface area (Å²) in [4.78, 5) is 0. The van der Waals surface area contributed by atoms with Crippen molar-refractivity contribution >= 4 is 0 Å². The molecule has 1 aliphatic rings. The Bertz CT molecular complexity index is 552. The van der Waals surface area contributed by atoms with Crippen LogP contribution in [-0.2, 0) is 6.61 Å². The van der Waals surface area contributed by atoms with Gasteiger partial charge in [0.05, 0.1) is 0 Å². The second-order valence-electron chi connectivity index (χ2n) is 5.51. The van der Waals surface area contributed by atoms with Crippen molar-refractivity contribution in [1.82, 2.24) is 5.32 Å². The maximum Gasteiger partial charge on any atom is 0.120 e. The van der Waals surface area contributed by atoms with Crippen LogP contribution >= 0.6 is 0 Å². The highest BCUT2D eigenvalue weighted by molar-refractivity contribution is 5.34. The number of hydrogen-bond donors (Lipinski definition) is 1. The van der Waals surface area contributed by atoms with Crippen LogP contribution in [0.1, 0.15) is 23.5 Å². The quantitative estimate of drug-likeness (QED) is 0.863. The van der Waals surface area contributed by atoms with E-state index in [1.54, 1.807) is 0 Å². The van der Waals surface area contributed by atoms with Gasteiger partial charge in [0.25, 0.3) is 0 Å². The monoisotopic (exact) mass is 267 g/mol. The molecule has 1 saturated carbocycles. The average molecular weight is 267 g/mol. The molecular weight excluding hydrogens is 246 g/mol. The van der Waals surface area contributed by atoms with Crippen LogP contribution in [0.4, 0.5) is 0 Å². The molecule has 3 rings (SSSR count). The van der Waals surface area contributed by atoms with E-state index in [2.05, 4.69) is 35.6 Å². The molecule has 0 amide bonds. The molecule has 0 radical (unpaired) electrons. The second kappa shape index (κ2) is 6.10. The molecule has 20 heavy (non-hydrogen) atoms. The van der Waals surface area contributed by atoms with E-state index in [-0.39, 0.29) is 0 Å². The standard InChI is InChI=1S/C18H21NO/c1-19-12-16-11-18(16)15-8-5-9-17(10-15)20-13-14-6-3-2-4-7-14/h2-10,16,18-19H,11-13H2,1H3. The van der Waals surface area contributed by atoms with E-state index in [9.17, 15) is 0 Å². The molecule has 2 aromatic rings. The van der Waals surface area contributed by atoms with Gasteiger partial charge < -0.3 is 10.1 Å². The lowest BCUT2D eigenvalue weighted by Crippen LogP contribution is -2.10. The Morgan fingerprint density at radius 1 is 1.10 bits per heavy atom. The SMILES string of the molecule is CNCC1CC1c1cccc(OCc2ccccc2)c1. The summed E-state index contributed by atoms with van der Waals surface area (Å²) in [5.74, 6) is 2.48. The smallest absolute Gasteiger partial charge is 0.120 e. The van der Waals surface area contributed by atoms with Crippen molar-refractivity contribution in [2.24, 2.45) is 5.92 Å². The fourth-order valence-corrected chi connectivity index (χ4v) is 2.72. The van der Waals surface area contributed by atoms with Crippen LogP contribution in [-0.4, -0.2) is 13.6 Å². The van der Waals surface area contributed by atoms with E-state index < -0.39 is 0 Å². The Balaban J connectivity index is 1.61. The highest BCUT2D eigenvalue weighted by Crippen LogP contribution is 2.47. The van der Waals surface area contributed by atoms with Crippen LogP contribution in [0, 0.1) is 5.92 Å². The molecule has 1 fully saturated rings. The zero-order valence-electron chi connectivity index (χ0n) is 11.9. The molecule has 0 spiro atoms. The summed E-state index contributed by atoms with van der Waals surface area (Å²) in [5.41, 5.74) is 2.62. The Kier molecular flexibility index (Phi) is 4.03. The number of rotatable bonds is 6. The Labute approximate surface area is 120 Å². The number of hydrogen-bond acceptors (Lipinski definition) is 2. The molecule has 2 aromatic carbocycles. The van der Waals surface area contributed by atoms with E-state index in [0.717, 1.165) is 18.2 Å². The van der Waals surface area contributed by atoms with Gasteiger partial charge in [0.2, 0.25) is 0 Å². The van der Waals surface area contributed by atoms with Crippen molar-refractivity contribution in [3.05, 3.63) is 65.7 Å². The van der Waals surface area contributed by atoms with E-state index in [1.165, 1.54) is 17.5 Å². The first-order valence-corrected chi connectivity index (χ1v) is 7.28. The third-order valence-electron chi connectivity index (χ3n) is 3.92. The molecule has 104 valence electrons. The van der Waals surface area contributed by atoms with Gasteiger partial charge in [-0.15, -0.1) is 0 Å². The molecule has 0 bridgehead atoms. The Morgan fingerprint density at radius 2 is 1.95 bits per heavy atom. The molecule has 1 N–H and O–H groups in total. The van der Waals surface area contributed by atoms with Crippen LogP contribution < -0.4 is 10.1 Å². The van der Waals surface area contributed by atoms with Gasteiger partial charge in [0.1, 0.15) is 12.4 Å². The maximum absolute atomic E-state index is 5.89. The summed E-state index contributed by atoms with van der Waals surface area (Å²) in [6, 6.07) is 18.9. The molecule has 1 aliphatic carbocycles. The molecule has 0 aliphatic heterocycles. The largest absolute Gasteiger partial charge is 0.489 e. The first-order chi connectivity index (χ1) is 9.86. The lowest BCUT2D eigenvalue weighted by Gasteiger charge is -2.08. The minimum absolute atomic E-state index is 0.634. The van der Waals surface area contributed by atoms with Gasteiger partial charge in [-0.2, -0.15) is 0 Å². The number of benzene rings is 2. The highest BCUT2D eigenvalue weighted by atomic mass is 16.5. The van der Waals surface area contributed by atoms with Gasteiger partial charge in [-0.1, -0.05) is 42.5 Å². The second-order valence-corrected chi connectivity index (χ2v) is 5.51. The van der Waals surface area contributed by atoms with Crippen molar-refractivity contribution in [2.45, 2.75) is 18.9 Å².